The molecule has 7 aromatic rings. The van der Waals surface area contributed by atoms with Crippen molar-refractivity contribution in [1.29, 1.82) is 0 Å². The first-order valence-electron chi connectivity index (χ1n) is 21.6. The summed E-state index contributed by atoms with van der Waals surface area (Å²) in [5, 5.41) is 15.2. The predicted octanol–water partition coefficient (Wildman–Crippen LogP) is 14.4. The standard InChI is InChI=1S/C12H15N3O3.3C10H8.6C2H6/c1-13-10(16)7-4-8(11(17)14-2)6-9(5-7)12(18)15-3;3*1-2-6-10-8-4-3-7-9(10)5-1;6*1-2/h4-6H,1-3H3,(H,13,16)(H,14,17)(H,15,18);3*1-8H;6*1-2H3. The molecule has 7 rings (SSSR count). The second-order valence-corrected chi connectivity index (χ2v) is 10.6. The van der Waals surface area contributed by atoms with Crippen molar-refractivity contribution in [3.8, 4) is 0 Å². The van der Waals surface area contributed by atoms with E-state index in [9.17, 15) is 14.4 Å². The molecule has 0 aliphatic carbocycles. The SMILES string of the molecule is CC.CC.CC.CC.CC.CC.CNC(=O)c1cc(C(=O)NC)cc(C(=O)NC)c1.c1ccc2ccccc2c1.c1ccc2ccccc2c1.c1ccc2ccccc2c1. The molecule has 6 heteroatoms. The highest BCUT2D eigenvalue weighted by atomic mass is 16.2. The molecule has 6 nitrogen and oxygen atoms in total. The van der Waals surface area contributed by atoms with Gasteiger partial charge >= 0.3 is 0 Å². The minimum atomic E-state index is -0.356. The van der Waals surface area contributed by atoms with E-state index in [4.69, 9.17) is 0 Å². The predicted molar refractivity (Wildman–Crippen MR) is 267 cm³/mol. The largest absolute Gasteiger partial charge is 0.355 e. The summed E-state index contributed by atoms with van der Waals surface area (Å²) in [7, 11) is 4.44. The number of carbonyl (C=O) groups is 3. The highest BCUT2D eigenvalue weighted by Crippen LogP contribution is 2.14. The molecular formula is C54H75N3O3. The third-order valence-electron chi connectivity index (χ3n) is 7.38. The first kappa shape index (κ1) is 58.1. The zero-order chi connectivity index (χ0) is 46.1. The Balaban J connectivity index is -0.000000679. The molecule has 3 N–H and O–H groups in total. The van der Waals surface area contributed by atoms with Gasteiger partial charge in [-0.3, -0.25) is 14.4 Å². The molecule has 0 fully saturated rings. The Labute approximate surface area is 363 Å². The van der Waals surface area contributed by atoms with Gasteiger partial charge in [0.15, 0.2) is 0 Å². The first-order chi connectivity index (χ1) is 29.4. The van der Waals surface area contributed by atoms with Gasteiger partial charge in [0.1, 0.15) is 0 Å². The van der Waals surface area contributed by atoms with Crippen LogP contribution < -0.4 is 16.0 Å². The van der Waals surface area contributed by atoms with Crippen molar-refractivity contribution in [1.82, 2.24) is 16.0 Å². The Morgan fingerprint density at radius 3 is 0.483 bits per heavy atom. The summed E-state index contributed by atoms with van der Waals surface area (Å²) in [5.74, 6) is -1.07. The number of fused-ring (bicyclic) bond motifs is 3. The van der Waals surface area contributed by atoms with Crippen LogP contribution in [-0.2, 0) is 0 Å². The van der Waals surface area contributed by atoms with Crippen molar-refractivity contribution in [2.75, 3.05) is 21.1 Å². The van der Waals surface area contributed by atoms with Gasteiger partial charge in [0.25, 0.3) is 17.7 Å². The lowest BCUT2D eigenvalue weighted by molar-refractivity contribution is 0.0962. The van der Waals surface area contributed by atoms with Crippen LogP contribution in [0.25, 0.3) is 32.3 Å². The van der Waals surface area contributed by atoms with Crippen molar-refractivity contribution in [3.05, 3.63) is 180 Å². The van der Waals surface area contributed by atoms with Crippen molar-refractivity contribution in [2.45, 2.75) is 83.1 Å². The van der Waals surface area contributed by atoms with Crippen molar-refractivity contribution in [2.24, 2.45) is 0 Å². The van der Waals surface area contributed by atoms with E-state index >= 15 is 0 Å². The van der Waals surface area contributed by atoms with E-state index < -0.39 is 0 Å². The molecule has 7 aromatic carbocycles. The topological polar surface area (TPSA) is 87.3 Å². The molecule has 0 aromatic heterocycles. The average Bonchev–Trinajstić information content (AvgIpc) is 3.37. The highest BCUT2D eigenvalue weighted by molar-refractivity contribution is 6.04. The lowest BCUT2D eigenvalue weighted by atomic mass is 10.0. The van der Waals surface area contributed by atoms with E-state index in [1.807, 2.05) is 83.1 Å². The molecular weight excluding hydrogens is 739 g/mol. The summed E-state index contributed by atoms with van der Waals surface area (Å²) in [5.41, 5.74) is 0.784. The summed E-state index contributed by atoms with van der Waals surface area (Å²) in [6.07, 6.45) is 0. The molecule has 0 heterocycles. The summed E-state index contributed by atoms with van der Waals surface area (Å²) in [6.45, 7) is 24.0. The van der Waals surface area contributed by atoms with Crippen LogP contribution in [0.5, 0.6) is 0 Å². The summed E-state index contributed by atoms with van der Waals surface area (Å²) >= 11 is 0. The number of amides is 3. The second-order valence-electron chi connectivity index (χ2n) is 10.6. The molecule has 0 saturated heterocycles. The van der Waals surface area contributed by atoms with E-state index in [0.717, 1.165) is 0 Å². The molecule has 0 radical (unpaired) electrons. The van der Waals surface area contributed by atoms with Crippen LogP contribution in [0.1, 0.15) is 114 Å². The zero-order valence-corrected chi connectivity index (χ0v) is 39.3. The van der Waals surface area contributed by atoms with Gasteiger partial charge in [0.2, 0.25) is 0 Å². The van der Waals surface area contributed by atoms with Gasteiger partial charge in [0.05, 0.1) is 0 Å². The van der Waals surface area contributed by atoms with Crippen molar-refractivity contribution in [3.63, 3.8) is 0 Å². The molecule has 0 bridgehead atoms. The maximum absolute atomic E-state index is 11.6. The van der Waals surface area contributed by atoms with Crippen LogP contribution in [0.2, 0.25) is 0 Å². The smallest absolute Gasteiger partial charge is 0.251 e. The van der Waals surface area contributed by atoms with E-state index in [1.165, 1.54) is 71.7 Å². The van der Waals surface area contributed by atoms with Crippen molar-refractivity contribution >= 4 is 50.0 Å². The van der Waals surface area contributed by atoms with Gasteiger partial charge in [-0.1, -0.05) is 229 Å². The Hall–Kier alpha value is -6.27. The summed E-state index contributed by atoms with van der Waals surface area (Å²) in [6, 6.07) is 54.4. The Bertz CT molecular complexity index is 1680. The molecule has 0 aliphatic rings. The molecule has 0 spiro atoms. The molecule has 0 saturated carbocycles. The van der Waals surface area contributed by atoms with Crippen LogP contribution in [0.3, 0.4) is 0 Å². The number of nitrogens with one attached hydrogen (secondary N) is 3. The van der Waals surface area contributed by atoms with E-state index in [2.05, 4.69) is 162 Å². The fraction of sp³-hybridized carbons (Fsp3) is 0.278. The monoisotopic (exact) mass is 814 g/mol. The van der Waals surface area contributed by atoms with E-state index in [0.29, 0.717) is 0 Å². The molecule has 324 valence electrons. The maximum Gasteiger partial charge on any atom is 0.251 e. The molecule has 0 atom stereocenters. The van der Waals surface area contributed by atoms with E-state index in [1.54, 1.807) is 0 Å². The Kier molecular flexibility index (Phi) is 38.3. The van der Waals surface area contributed by atoms with Gasteiger partial charge in [-0.15, -0.1) is 0 Å². The summed E-state index contributed by atoms with van der Waals surface area (Å²) in [4.78, 5) is 34.7. The number of carbonyl (C=O) groups excluding carboxylic acids is 3. The van der Waals surface area contributed by atoms with Gasteiger partial charge < -0.3 is 16.0 Å². The minimum absolute atomic E-state index is 0.261. The van der Waals surface area contributed by atoms with Gasteiger partial charge in [0, 0.05) is 37.8 Å². The lowest BCUT2D eigenvalue weighted by Crippen LogP contribution is -2.24. The van der Waals surface area contributed by atoms with Gasteiger partial charge in [-0.25, -0.2) is 0 Å². The van der Waals surface area contributed by atoms with Crippen LogP contribution in [0.4, 0.5) is 0 Å². The van der Waals surface area contributed by atoms with Crippen molar-refractivity contribution < 1.29 is 14.4 Å². The normalized spacial score (nSPS) is 8.45. The number of rotatable bonds is 3. The van der Waals surface area contributed by atoms with Crippen LogP contribution >= 0.6 is 0 Å². The fourth-order valence-electron chi connectivity index (χ4n) is 4.85. The Morgan fingerprint density at radius 1 is 0.267 bits per heavy atom. The molecule has 0 aliphatic heterocycles. The van der Waals surface area contributed by atoms with Crippen LogP contribution in [-0.4, -0.2) is 38.9 Å². The Morgan fingerprint density at radius 2 is 0.383 bits per heavy atom. The maximum atomic E-state index is 11.6. The van der Waals surface area contributed by atoms with Gasteiger partial charge in [-0.2, -0.15) is 0 Å². The average molecular weight is 814 g/mol. The fourth-order valence-corrected chi connectivity index (χ4v) is 4.85. The third-order valence-corrected chi connectivity index (χ3v) is 7.38. The second kappa shape index (κ2) is 39.6. The van der Waals surface area contributed by atoms with Crippen LogP contribution in [0, 0.1) is 0 Å². The quantitative estimate of drug-likeness (QED) is 0.166. The number of hydrogen-bond acceptors (Lipinski definition) is 3. The number of hydrogen-bond donors (Lipinski definition) is 3. The highest BCUT2D eigenvalue weighted by Gasteiger charge is 2.14. The van der Waals surface area contributed by atoms with Crippen LogP contribution in [0.15, 0.2) is 164 Å². The first-order valence-corrected chi connectivity index (χ1v) is 21.6. The van der Waals surface area contributed by atoms with Gasteiger partial charge in [-0.05, 0) is 50.5 Å². The minimum Gasteiger partial charge on any atom is -0.355 e. The molecule has 0 unspecified atom stereocenters. The lowest BCUT2D eigenvalue weighted by Gasteiger charge is -2.07. The molecule has 60 heavy (non-hydrogen) atoms. The number of benzene rings is 7. The van der Waals surface area contributed by atoms with E-state index in [-0.39, 0.29) is 34.4 Å². The molecule has 3 amide bonds. The summed E-state index contributed by atoms with van der Waals surface area (Å²) < 4.78 is 0. The zero-order valence-electron chi connectivity index (χ0n) is 39.3. The third kappa shape index (κ3) is 22.0.